The van der Waals surface area contributed by atoms with Gasteiger partial charge >= 0.3 is 0 Å². The topological polar surface area (TPSA) is 41.1 Å². The number of amides is 1. The molecular formula is C14H19FN2OS. The molecule has 5 heteroatoms. The summed E-state index contributed by atoms with van der Waals surface area (Å²) in [6, 6.07) is 4.54. The van der Waals surface area contributed by atoms with Crippen molar-refractivity contribution < 1.29 is 9.18 Å². The number of anilines is 1. The monoisotopic (exact) mass is 282 g/mol. The Morgan fingerprint density at radius 1 is 1.47 bits per heavy atom. The van der Waals surface area contributed by atoms with Gasteiger partial charge in [-0.3, -0.25) is 4.79 Å². The zero-order chi connectivity index (χ0) is 13.7. The van der Waals surface area contributed by atoms with Crippen molar-refractivity contribution in [2.45, 2.75) is 24.5 Å². The average Bonchev–Trinajstić information content (AvgIpc) is 2.45. The number of carbonyl (C=O) groups is 1. The molecule has 1 atom stereocenters. The minimum absolute atomic E-state index is 0.213. The highest BCUT2D eigenvalue weighted by Gasteiger charge is 2.17. The molecule has 0 spiro atoms. The maximum Gasteiger partial charge on any atom is 0.253 e. The van der Waals surface area contributed by atoms with E-state index in [0.29, 0.717) is 17.4 Å². The summed E-state index contributed by atoms with van der Waals surface area (Å²) in [7, 11) is 1.62. The van der Waals surface area contributed by atoms with Crippen LogP contribution in [0.3, 0.4) is 0 Å². The fourth-order valence-electron chi connectivity index (χ4n) is 2.24. The summed E-state index contributed by atoms with van der Waals surface area (Å²) < 4.78 is 13.6. The molecule has 19 heavy (non-hydrogen) atoms. The lowest BCUT2D eigenvalue weighted by atomic mass is 10.1. The van der Waals surface area contributed by atoms with Gasteiger partial charge in [0.25, 0.3) is 5.91 Å². The number of hydrogen-bond acceptors (Lipinski definition) is 3. The van der Waals surface area contributed by atoms with Gasteiger partial charge in [-0.05, 0) is 30.7 Å². The first-order valence-corrected chi connectivity index (χ1v) is 7.63. The van der Waals surface area contributed by atoms with Crippen molar-refractivity contribution in [3.05, 3.63) is 29.6 Å². The number of benzene rings is 1. The van der Waals surface area contributed by atoms with E-state index in [4.69, 9.17) is 0 Å². The lowest BCUT2D eigenvalue weighted by Gasteiger charge is -2.21. The first kappa shape index (κ1) is 14.2. The molecule has 1 heterocycles. The Balaban J connectivity index is 1.97. The van der Waals surface area contributed by atoms with Gasteiger partial charge in [-0.1, -0.05) is 12.5 Å². The van der Waals surface area contributed by atoms with E-state index >= 15 is 0 Å². The van der Waals surface area contributed by atoms with Crippen molar-refractivity contribution in [1.82, 2.24) is 5.32 Å². The summed E-state index contributed by atoms with van der Waals surface area (Å²) in [4.78, 5) is 12.1. The molecular weight excluding hydrogens is 263 g/mol. The quantitative estimate of drug-likeness (QED) is 0.892. The Morgan fingerprint density at radius 3 is 3.00 bits per heavy atom. The summed E-state index contributed by atoms with van der Waals surface area (Å²) in [5.41, 5.74) is 0.625. The van der Waals surface area contributed by atoms with E-state index in [9.17, 15) is 9.18 Å². The van der Waals surface area contributed by atoms with Gasteiger partial charge in [0.15, 0.2) is 0 Å². The second-order valence-electron chi connectivity index (χ2n) is 4.61. The van der Waals surface area contributed by atoms with Gasteiger partial charge in [0, 0.05) is 18.8 Å². The van der Waals surface area contributed by atoms with E-state index in [1.807, 2.05) is 11.8 Å². The SMILES string of the molecule is CNc1c(F)cccc1C(=O)NCC1CCCCS1. The molecule has 2 N–H and O–H groups in total. The van der Waals surface area contributed by atoms with E-state index in [2.05, 4.69) is 10.6 Å². The highest BCUT2D eigenvalue weighted by molar-refractivity contribution is 7.99. The van der Waals surface area contributed by atoms with Gasteiger partial charge in [0.05, 0.1) is 11.3 Å². The summed E-state index contributed by atoms with van der Waals surface area (Å²) in [6.45, 7) is 0.656. The maximum atomic E-state index is 13.6. The van der Waals surface area contributed by atoms with Crippen molar-refractivity contribution in [3.8, 4) is 0 Å². The smallest absolute Gasteiger partial charge is 0.253 e. The fraction of sp³-hybridized carbons (Fsp3) is 0.500. The van der Waals surface area contributed by atoms with Crippen molar-refractivity contribution in [1.29, 1.82) is 0 Å². The third-order valence-electron chi connectivity index (χ3n) is 3.27. The second-order valence-corrected chi connectivity index (χ2v) is 6.02. The number of nitrogens with one attached hydrogen (secondary N) is 2. The average molecular weight is 282 g/mol. The Hall–Kier alpha value is -1.23. The molecule has 0 bridgehead atoms. The Kier molecular flexibility index (Phi) is 5.07. The fourth-order valence-corrected chi connectivity index (χ4v) is 3.48. The third kappa shape index (κ3) is 3.62. The maximum absolute atomic E-state index is 13.6. The first-order chi connectivity index (χ1) is 9.22. The Bertz CT molecular complexity index is 447. The number of thioether (sulfide) groups is 1. The van der Waals surface area contributed by atoms with Crippen molar-refractivity contribution >= 4 is 23.4 Å². The largest absolute Gasteiger partial charge is 0.385 e. The lowest BCUT2D eigenvalue weighted by molar-refractivity contribution is 0.0954. The number of halogens is 1. The molecule has 1 aliphatic heterocycles. The van der Waals surface area contributed by atoms with Crippen LogP contribution in [0, 0.1) is 5.82 Å². The molecule has 104 valence electrons. The molecule has 2 rings (SSSR count). The van der Waals surface area contributed by atoms with E-state index in [1.165, 1.54) is 24.7 Å². The molecule has 1 unspecified atom stereocenters. The van der Waals surface area contributed by atoms with Gasteiger partial charge in [0.2, 0.25) is 0 Å². The molecule has 3 nitrogen and oxygen atoms in total. The molecule has 0 aromatic heterocycles. The Labute approximate surface area is 117 Å². The minimum atomic E-state index is -0.401. The highest BCUT2D eigenvalue weighted by Crippen LogP contribution is 2.24. The van der Waals surface area contributed by atoms with Gasteiger partial charge in [-0.2, -0.15) is 11.8 Å². The number of para-hydroxylation sites is 1. The van der Waals surface area contributed by atoms with Crippen LogP contribution in [0.15, 0.2) is 18.2 Å². The molecule has 0 aliphatic carbocycles. The van der Waals surface area contributed by atoms with Crippen LogP contribution >= 0.6 is 11.8 Å². The number of hydrogen-bond donors (Lipinski definition) is 2. The molecule has 1 aromatic rings. The van der Waals surface area contributed by atoms with Crippen molar-refractivity contribution in [2.75, 3.05) is 24.7 Å². The van der Waals surface area contributed by atoms with Gasteiger partial charge in [0.1, 0.15) is 5.82 Å². The van der Waals surface area contributed by atoms with Crippen LogP contribution in [0.1, 0.15) is 29.6 Å². The van der Waals surface area contributed by atoms with Crippen LogP contribution in [0.5, 0.6) is 0 Å². The molecule has 1 saturated heterocycles. The Morgan fingerprint density at radius 2 is 2.32 bits per heavy atom. The van der Waals surface area contributed by atoms with Gasteiger partial charge in [-0.15, -0.1) is 0 Å². The van der Waals surface area contributed by atoms with Gasteiger partial charge < -0.3 is 10.6 Å². The predicted octanol–water partition coefficient (Wildman–Crippen LogP) is 2.88. The standard InChI is InChI=1S/C14H19FN2OS/c1-16-13-11(6-4-7-12(13)15)14(18)17-9-10-5-2-3-8-19-10/h4,6-7,10,16H,2-3,5,8-9H2,1H3,(H,17,18). The van der Waals surface area contributed by atoms with Crippen LogP contribution in [0.25, 0.3) is 0 Å². The van der Waals surface area contributed by atoms with Crippen molar-refractivity contribution in [2.24, 2.45) is 0 Å². The predicted molar refractivity (Wildman–Crippen MR) is 78.4 cm³/mol. The number of carbonyl (C=O) groups excluding carboxylic acids is 1. The van der Waals surface area contributed by atoms with Crippen LogP contribution < -0.4 is 10.6 Å². The molecule has 1 amide bonds. The molecule has 0 saturated carbocycles. The normalized spacial score (nSPS) is 18.9. The second kappa shape index (κ2) is 6.80. The van der Waals surface area contributed by atoms with Crippen LogP contribution in [-0.2, 0) is 0 Å². The van der Waals surface area contributed by atoms with E-state index < -0.39 is 5.82 Å². The zero-order valence-corrected chi connectivity index (χ0v) is 11.9. The van der Waals surface area contributed by atoms with Crippen LogP contribution in [0.4, 0.5) is 10.1 Å². The van der Waals surface area contributed by atoms with Crippen molar-refractivity contribution in [3.63, 3.8) is 0 Å². The third-order valence-corrected chi connectivity index (χ3v) is 4.67. The number of rotatable bonds is 4. The van der Waals surface area contributed by atoms with Crippen LogP contribution in [-0.4, -0.2) is 30.5 Å². The molecule has 0 radical (unpaired) electrons. The van der Waals surface area contributed by atoms with Gasteiger partial charge in [-0.25, -0.2) is 4.39 Å². The molecule has 1 aliphatic rings. The summed E-state index contributed by atoms with van der Waals surface area (Å²) in [5.74, 6) is 0.555. The molecule has 1 aromatic carbocycles. The van der Waals surface area contributed by atoms with E-state index in [-0.39, 0.29) is 11.6 Å². The first-order valence-electron chi connectivity index (χ1n) is 6.58. The molecule has 1 fully saturated rings. The minimum Gasteiger partial charge on any atom is -0.385 e. The van der Waals surface area contributed by atoms with Crippen LogP contribution in [0.2, 0.25) is 0 Å². The zero-order valence-electron chi connectivity index (χ0n) is 11.0. The summed E-state index contributed by atoms with van der Waals surface area (Å²) in [5, 5.41) is 6.14. The summed E-state index contributed by atoms with van der Waals surface area (Å²) >= 11 is 1.91. The van der Waals surface area contributed by atoms with E-state index in [0.717, 1.165) is 6.42 Å². The summed E-state index contributed by atoms with van der Waals surface area (Å²) in [6.07, 6.45) is 3.64. The highest BCUT2D eigenvalue weighted by atomic mass is 32.2. The lowest BCUT2D eigenvalue weighted by Crippen LogP contribution is -2.32. The van der Waals surface area contributed by atoms with E-state index in [1.54, 1.807) is 19.2 Å².